The fourth-order valence-corrected chi connectivity index (χ4v) is 3.91. The van der Waals surface area contributed by atoms with Gasteiger partial charge in [-0.3, -0.25) is 0 Å². The lowest BCUT2D eigenvalue weighted by Gasteiger charge is -2.16. The molecule has 0 aliphatic heterocycles. The first-order chi connectivity index (χ1) is 13.3. The van der Waals surface area contributed by atoms with Gasteiger partial charge >= 0.3 is 0 Å². The third-order valence-electron chi connectivity index (χ3n) is 5.23. The Kier molecular flexibility index (Phi) is 3.72. The van der Waals surface area contributed by atoms with Crippen LogP contribution in [-0.4, -0.2) is 17.1 Å². The highest BCUT2D eigenvalue weighted by molar-refractivity contribution is 5.87. The minimum absolute atomic E-state index is 0.111. The number of nitrogens with one attached hydrogen (secondary N) is 2. The van der Waals surface area contributed by atoms with Crippen LogP contribution in [0.15, 0.2) is 85.1 Å². The van der Waals surface area contributed by atoms with Crippen molar-refractivity contribution < 1.29 is 4.74 Å². The molecule has 3 nitrogen and oxygen atoms in total. The van der Waals surface area contributed by atoms with E-state index in [1.54, 1.807) is 7.11 Å². The summed E-state index contributed by atoms with van der Waals surface area (Å²) in [6.07, 6.45) is 2.12. The first-order valence-corrected chi connectivity index (χ1v) is 9.11. The molecule has 2 N–H and O–H groups in total. The molecule has 5 rings (SSSR count). The molecular weight excluding hydrogens is 332 g/mol. The Morgan fingerprint density at radius 1 is 0.815 bits per heavy atom. The normalized spacial score (nSPS) is 12.5. The molecule has 132 valence electrons. The lowest BCUT2D eigenvalue weighted by Crippen LogP contribution is -2.03. The van der Waals surface area contributed by atoms with Crippen molar-refractivity contribution in [2.75, 3.05) is 7.11 Å². The van der Waals surface area contributed by atoms with Crippen molar-refractivity contribution in [2.45, 2.75) is 5.92 Å². The molecule has 0 fully saturated rings. The Balaban J connectivity index is 1.76. The summed E-state index contributed by atoms with van der Waals surface area (Å²) in [6.45, 7) is 0. The predicted octanol–water partition coefficient (Wildman–Crippen LogP) is 5.84. The zero-order valence-electron chi connectivity index (χ0n) is 15.1. The van der Waals surface area contributed by atoms with E-state index in [1.165, 1.54) is 27.6 Å². The van der Waals surface area contributed by atoms with Gasteiger partial charge in [0.2, 0.25) is 0 Å². The number of aromatic amines is 2. The molecule has 0 spiro atoms. The zero-order valence-corrected chi connectivity index (χ0v) is 15.1. The second-order valence-electron chi connectivity index (χ2n) is 6.81. The van der Waals surface area contributed by atoms with E-state index in [-0.39, 0.29) is 5.92 Å². The summed E-state index contributed by atoms with van der Waals surface area (Å²) < 4.78 is 5.46. The van der Waals surface area contributed by atoms with Crippen molar-refractivity contribution in [1.29, 1.82) is 0 Å². The van der Waals surface area contributed by atoms with Crippen LogP contribution in [0.4, 0.5) is 0 Å². The third kappa shape index (κ3) is 2.68. The smallest absolute Gasteiger partial charge is 0.119 e. The molecule has 3 aromatic carbocycles. The molecule has 2 heterocycles. The van der Waals surface area contributed by atoms with Crippen molar-refractivity contribution >= 4 is 21.8 Å². The summed E-state index contributed by atoms with van der Waals surface area (Å²) in [6, 6.07) is 27.5. The Morgan fingerprint density at radius 3 is 2.44 bits per heavy atom. The fraction of sp³-hybridized carbons (Fsp3) is 0.0833. The van der Waals surface area contributed by atoms with Crippen LogP contribution in [0, 0.1) is 0 Å². The molecule has 1 atom stereocenters. The monoisotopic (exact) mass is 352 g/mol. The predicted molar refractivity (Wildman–Crippen MR) is 111 cm³/mol. The van der Waals surface area contributed by atoms with Crippen LogP contribution in [0.1, 0.15) is 22.7 Å². The van der Waals surface area contributed by atoms with Gasteiger partial charge in [-0.2, -0.15) is 0 Å². The van der Waals surface area contributed by atoms with E-state index < -0.39 is 0 Å². The van der Waals surface area contributed by atoms with E-state index in [0.29, 0.717) is 0 Å². The lowest BCUT2D eigenvalue weighted by atomic mass is 9.88. The number of aromatic nitrogens is 2. The van der Waals surface area contributed by atoms with Gasteiger partial charge in [-0.15, -0.1) is 0 Å². The summed E-state index contributed by atoms with van der Waals surface area (Å²) in [5, 5.41) is 2.41. The average molecular weight is 352 g/mol. The molecule has 0 amide bonds. The second kappa shape index (κ2) is 6.36. The quantitative estimate of drug-likeness (QED) is 0.419. The molecule has 0 bridgehead atoms. The maximum atomic E-state index is 5.46. The molecule has 3 heteroatoms. The number of hydrogen-bond acceptors (Lipinski definition) is 1. The van der Waals surface area contributed by atoms with E-state index in [0.717, 1.165) is 16.8 Å². The third-order valence-corrected chi connectivity index (χ3v) is 5.23. The summed E-state index contributed by atoms with van der Waals surface area (Å²) in [5.74, 6) is 0.978. The van der Waals surface area contributed by atoms with Crippen molar-refractivity contribution in [3.63, 3.8) is 0 Å². The standard InChI is InChI=1S/C24H20N2O/c1-27-18-11-12-22-19(14-18)20(15-25-22)24(16-7-3-2-4-8-16)23-13-17-9-5-6-10-21(17)26-23/h2-15,24-26H,1H3. The Hall–Kier alpha value is -3.46. The van der Waals surface area contributed by atoms with Crippen molar-refractivity contribution in [1.82, 2.24) is 9.97 Å². The summed E-state index contributed by atoms with van der Waals surface area (Å²) in [5.41, 5.74) is 5.95. The van der Waals surface area contributed by atoms with Crippen molar-refractivity contribution in [3.05, 3.63) is 102 Å². The molecule has 5 aromatic rings. The molecule has 0 saturated carbocycles. The number of H-pyrrole nitrogens is 2. The topological polar surface area (TPSA) is 40.8 Å². The first-order valence-electron chi connectivity index (χ1n) is 9.11. The largest absolute Gasteiger partial charge is 0.497 e. The maximum Gasteiger partial charge on any atom is 0.119 e. The highest BCUT2D eigenvalue weighted by Crippen LogP contribution is 2.37. The lowest BCUT2D eigenvalue weighted by molar-refractivity contribution is 0.415. The molecule has 0 aliphatic carbocycles. The second-order valence-corrected chi connectivity index (χ2v) is 6.81. The molecule has 2 aromatic heterocycles. The van der Waals surface area contributed by atoms with Crippen LogP contribution in [0.25, 0.3) is 21.8 Å². The molecule has 1 unspecified atom stereocenters. The number of rotatable bonds is 4. The van der Waals surface area contributed by atoms with Gasteiger partial charge in [-0.05, 0) is 46.8 Å². The van der Waals surface area contributed by atoms with E-state index in [1.807, 2.05) is 6.07 Å². The van der Waals surface area contributed by atoms with E-state index >= 15 is 0 Å². The average Bonchev–Trinajstić information content (AvgIpc) is 3.33. The van der Waals surface area contributed by atoms with Gasteiger partial charge in [0.25, 0.3) is 0 Å². The Morgan fingerprint density at radius 2 is 1.63 bits per heavy atom. The summed E-state index contributed by atoms with van der Waals surface area (Å²) in [7, 11) is 1.71. The van der Waals surface area contributed by atoms with Gasteiger partial charge in [-0.25, -0.2) is 0 Å². The van der Waals surface area contributed by atoms with Crippen molar-refractivity contribution in [3.8, 4) is 5.75 Å². The number of benzene rings is 3. The van der Waals surface area contributed by atoms with Crippen LogP contribution >= 0.6 is 0 Å². The first kappa shape index (κ1) is 15.8. The summed E-state index contributed by atoms with van der Waals surface area (Å²) in [4.78, 5) is 7.05. The van der Waals surface area contributed by atoms with Gasteiger partial charge in [0.05, 0.1) is 13.0 Å². The van der Waals surface area contributed by atoms with Gasteiger partial charge in [-0.1, -0.05) is 48.5 Å². The number of ether oxygens (including phenoxy) is 1. The van der Waals surface area contributed by atoms with Crippen LogP contribution in [0.3, 0.4) is 0 Å². The molecule has 0 radical (unpaired) electrons. The van der Waals surface area contributed by atoms with Gasteiger partial charge in [0, 0.05) is 28.3 Å². The SMILES string of the molecule is COc1ccc2[nH]cc(C(c3ccccc3)c3cc4ccccc4[nH]3)c2c1. The Bertz CT molecular complexity index is 1180. The minimum Gasteiger partial charge on any atom is -0.497 e. The van der Waals surface area contributed by atoms with Crippen molar-refractivity contribution in [2.24, 2.45) is 0 Å². The Labute approximate surface area is 157 Å². The molecular formula is C24H20N2O. The van der Waals surface area contributed by atoms with E-state index in [9.17, 15) is 0 Å². The molecule has 27 heavy (non-hydrogen) atoms. The maximum absolute atomic E-state index is 5.46. The molecule has 0 aliphatic rings. The fourth-order valence-electron chi connectivity index (χ4n) is 3.91. The van der Waals surface area contributed by atoms with Gasteiger partial charge in [0.15, 0.2) is 0 Å². The van der Waals surface area contributed by atoms with Gasteiger partial charge in [0.1, 0.15) is 5.75 Å². The number of fused-ring (bicyclic) bond motifs is 2. The van der Waals surface area contributed by atoms with Crippen LogP contribution in [0.2, 0.25) is 0 Å². The zero-order chi connectivity index (χ0) is 18.2. The highest BCUT2D eigenvalue weighted by atomic mass is 16.5. The number of para-hydroxylation sites is 1. The van der Waals surface area contributed by atoms with Crippen LogP contribution in [0.5, 0.6) is 5.75 Å². The molecule has 0 saturated heterocycles. The minimum atomic E-state index is 0.111. The van der Waals surface area contributed by atoms with Crippen LogP contribution in [-0.2, 0) is 0 Å². The summed E-state index contributed by atoms with van der Waals surface area (Å²) >= 11 is 0. The van der Waals surface area contributed by atoms with E-state index in [2.05, 4.69) is 89.0 Å². The van der Waals surface area contributed by atoms with Gasteiger partial charge < -0.3 is 14.7 Å². The number of methoxy groups -OCH3 is 1. The highest BCUT2D eigenvalue weighted by Gasteiger charge is 2.22. The number of hydrogen-bond donors (Lipinski definition) is 2. The van der Waals surface area contributed by atoms with Crippen LogP contribution < -0.4 is 4.74 Å². The van der Waals surface area contributed by atoms with E-state index in [4.69, 9.17) is 4.74 Å².